The molecule has 0 spiro atoms. The molecule has 0 radical (unpaired) electrons. The van der Waals surface area contributed by atoms with Crippen molar-refractivity contribution in [1.82, 2.24) is 19.4 Å². The molecule has 3 aromatic rings. The Morgan fingerprint density at radius 2 is 1.72 bits per heavy atom. The van der Waals surface area contributed by atoms with Crippen LogP contribution in [0.4, 0.5) is 10.5 Å². The lowest BCUT2D eigenvalue weighted by Gasteiger charge is -2.35. The van der Waals surface area contributed by atoms with Gasteiger partial charge in [-0.05, 0) is 66.3 Å². The number of anilines is 1. The van der Waals surface area contributed by atoms with E-state index in [-0.39, 0.29) is 11.1 Å². The van der Waals surface area contributed by atoms with E-state index in [0.717, 1.165) is 71.7 Å². The molecule has 0 atom stereocenters. The van der Waals surface area contributed by atoms with Gasteiger partial charge in [-0.15, -0.1) is 0 Å². The fraction of sp³-hybridized carbons (Fsp3) is 0.292. The van der Waals surface area contributed by atoms with Crippen molar-refractivity contribution >= 4 is 45.7 Å². The summed E-state index contributed by atoms with van der Waals surface area (Å²) < 4.78 is 2.05. The Hall–Kier alpha value is -3.10. The highest BCUT2D eigenvalue weighted by molar-refractivity contribution is 8.18. The summed E-state index contributed by atoms with van der Waals surface area (Å²) in [4.78, 5) is 35.0. The Morgan fingerprint density at radius 1 is 1.00 bits per heavy atom. The maximum Gasteiger partial charge on any atom is 0.293 e. The van der Waals surface area contributed by atoms with Crippen LogP contribution in [-0.4, -0.2) is 70.3 Å². The lowest BCUT2D eigenvalue weighted by Crippen LogP contribution is -2.46. The SMILES string of the molecule is CCN1CCN(c2ccc(-n3cnc4ccc(/C=C5\SC(=O)N(C)C5=O)cc43)cc2)CC1. The molecule has 2 amide bonds. The van der Waals surface area contributed by atoms with Gasteiger partial charge in [0, 0.05) is 44.6 Å². The zero-order chi connectivity index (χ0) is 22.2. The van der Waals surface area contributed by atoms with E-state index in [9.17, 15) is 9.59 Å². The molecule has 2 aliphatic heterocycles. The maximum atomic E-state index is 12.2. The van der Waals surface area contributed by atoms with E-state index in [1.165, 1.54) is 12.7 Å². The lowest BCUT2D eigenvalue weighted by atomic mass is 10.1. The molecule has 2 fully saturated rings. The molecule has 3 heterocycles. The molecule has 164 valence electrons. The first kappa shape index (κ1) is 20.8. The first-order valence-corrected chi connectivity index (χ1v) is 11.6. The van der Waals surface area contributed by atoms with E-state index in [4.69, 9.17) is 0 Å². The van der Waals surface area contributed by atoms with Crippen molar-refractivity contribution in [3.63, 3.8) is 0 Å². The van der Waals surface area contributed by atoms with Crippen molar-refractivity contribution < 1.29 is 9.59 Å². The topological polar surface area (TPSA) is 61.7 Å². The first-order valence-electron chi connectivity index (χ1n) is 10.8. The second-order valence-electron chi connectivity index (χ2n) is 8.04. The van der Waals surface area contributed by atoms with Crippen LogP contribution in [0, 0.1) is 0 Å². The quantitative estimate of drug-likeness (QED) is 0.567. The maximum absolute atomic E-state index is 12.2. The van der Waals surface area contributed by atoms with Gasteiger partial charge in [-0.25, -0.2) is 4.98 Å². The normalized spacial score (nSPS) is 19.0. The highest BCUT2D eigenvalue weighted by atomic mass is 32.2. The van der Waals surface area contributed by atoms with Crippen molar-refractivity contribution in [3.05, 3.63) is 59.3 Å². The Kier molecular flexibility index (Phi) is 5.48. The number of hydrogen-bond donors (Lipinski definition) is 0. The van der Waals surface area contributed by atoms with Gasteiger partial charge in [-0.1, -0.05) is 13.0 Å². The van der Waals surface area contributed by atoms with E-state index < -0.39 is 0 Å². The van der Waals surface area contributed by atoms with Gasteiger partial charge in [0.2, 0.25) is 0 Å². The summed E-state index contributed by atoms with van der Waals surface area (Å²) in [5.74, 6) is -0.260. The van der Waals surface area contributed by atoms with Crippen molar-refractivity contribution in [2.24, 2.45) is 0 Å². The summed E-state index contributed by atoms with van der Waals surface area (Å²) in [6, 6.07) is 14.4. The number of carbonyl (C=O) groups is 2. The van der Waals surface area contributed by atoms with Gasteiger partial charge in [0.05, 0.1) is 15.9 Å². The highest BCUT2D eigenvalue weighted by Crippen LogP contribution is 2.31. The number of hydrogen-bond acceptors (Lipinski definition) is 6. The monoisotopic (exact) mass is 447 g/mol. The Morgan fingerprint density at radius 3 is 2.38 bits per heavy atom. The Labute approximate surface area is 191 Å². The summed E-state index contributed by atoms with van der Waals surface area (Å²) in [6.07, 6.45) is 3.59. The third-order valence-corrected chi connectivity index (χ3v) is 7.13. The molecule has 2 saturated heterocycles. The molecule has 5 rings (SSSR count). The van der Waals surface area contributed by atoms with Gasteiger partial charge in [-0.3, -0.25) is 19.1 Å². The fourth-order valence-electron chi connectivity index (χ4n) is 4.16. The van der Waals surface area contributed by atoms with Crippen molar-refractivity contribution in [2.75, 3.05) is 44.7 Å². The summed E-state index contributed by atoms with van der Waals surface area (Å²) in [6.45, 7) is 7.63. The molecular weight excluding hydrogens is 422 g/mol. The number of rotatable bonds is 4. The number of imide groups is 1. The molecule has 1 aromatic heterocycles. The summed E-state index contributed by atoms with van der Waals surface area (Å²) in [7, 11) is 1.50. The third-order valence-electron chi connectivity index (χ3n) is 6.17. The number of thioether (sulfide) groups is 1. The number of piperazine rings is 1. The van der Waals surface area contributed by atoms with Gasteiger partial charge in [0.15, 0.2) is 0 Å². The molecule has 0 unspecified atom stereocenters. The Balaban J connectivity index is 1.41. The average Bonchev–Trinajstić information content (AvgIpc) is 3.35. The molecule has 32 heavy (non-hydrogen) atoms. The van der Waals surface area contributed by atoms with Gasteiger partial charge in [0.25, 0.3) is 11.1 Å². The zero-order valence-corrected chi connectivity index (χ0v) is 19.0. The van der Waals surface area contributed by atoms with E-state index in [1.807, 2.05) is 24.5 Å². The van der Waals surface area contributed by atoms with Crippen LogP contribution in [0.25, 0.3) is 22.8 Å². The molecule has 0 saturated carbocycles. The Bertz CT molecular complexity index is 1210. The molecule has 0 bridgehead atoms. The number of carbonyl (C=O) groups excluding carboxylic acids is 2. The third kappa shape index (κ3) is 3.80. The number of fused-ring (bicyclic) bond motifs is 1. The van der Waals surface area contributed by atoms with Crippen LogP contribution in [0.5, 0.6) is 0 Å². The zero-order valence-electron chi connectivity index (χ0n) is 18.2. The van der Waals surface area contributed by atoms with E-state index in [2.05, 4.69) is 50.5 Å². The molecule has 7 nitrogen and oxygen atoms in total. The van der Waals surface area contributed by atoms with Gasteiger partial charge >= 0.3 is 0 Å². The molecule has 0 N–H and O–H groups in total. The minimum absolute atomic E-state index is 0.247. The smallest absolute Gasteiger partial charge is 0.293 e. The lowest BCUT2D eigenvalue weighted by molar-refractivity contribution is -0.121. The predicted molar refractivity (Wildman–Crippen MR) is 129 cm³/mol. The number of likely N-dealkylation sites (N-methyl/N-ethyl adjacent to an activating group) is 2. The average molecular weight is 448 g/mol. The fourth-order valence-corrected chi connectivity index (χ4v) is 4.99. The number of aromatic nitrogens is 2. The van der Waals surface area contributed by atoms with Gasteiger partial charge < -0.3 is 9.80 Å². The molecule has 2 aliphatic rings. The van der Waals surface area contributed by atoms with Crippen LogP contribution in [0.3, 0.4) is 0 Å². The van der Waals surface area contributed by atoms with E-state index in [0.29, 0.717) is 4.91 Å². The van der Waals surface area contributed by atoms with Crippen LogP contribution < -0.4 is 4.90 Å². The van der Waals surface area contributed by atoms with Gasteiger partial charge in [0.1, 0.15) is 6.33 Å². The molecule has 8 heteroatoms. The van der Waals surface area contributed by atoms with Crippen molar-refractivity contribution in [3.8, 4) is 5.69 Å². The molecule has 0 aliphatic carbocycles. The van der Waals surface area contributed by atoms with Crippen LogP contribution in [0.1, 0.15) is 12.5 Å². The second kappa shape index (κ2) is 8.44. The van der Waals surface area contributed by atoms with Crippen LogP contribution in [-0.2, 0) is 4.79 Å². The van der Waals surface area contributed by atoms with Gasteiger partial charge in [-0.2, -0.15) is 0 Å². The standard InChI is InChI=1S/C24H25N5O2S/c1-3-27-10-12-28(13-11-27)18-5-7-19(8-6-18)29-16-25-20-9-4-17(14-21(20)29)15-22-23(30)26(2)24(31)32-22/h4-9,14-16H,3,10-13H2,1-2H3/b22-15-. The van der Waals surface area contributed by atoms with Crippen LogP contribution in [0.15, 0.2) is 53.7 Å². The highest BCUT2D eigenvalue weighted by Gasteiger charge is 2.31. The van der Waals surface area contributed by atoms with Crippen LogP contribution in [0.2, 0.25) is 0 Å². The number of imidazole rings is 1. The second-order valence-corrected chi connectivity index (χ2v) is 9.03. The van der Waals surface area contributed by atoms with E-state index >= 15 is 0 Å². The molecule has 2 aromatic carbocycles. The number of amides is 2. The van der Waals surface area contributed by atoms with E-state index in [1.54, 1.807) is 6.08 Å². The summed E-state index contributed by atoms with van der Waals surface area (Å²) >= 11 is 0.970. The predicted octanol–water partition coefficient (Wildman–Crippen LogP) is 3.83. The minimum Gasteiger partial charge on any atom is -0.369 e. The molecular formula is C24H25N5O2S. The largest absolute Gasteiger partial charge is 0.369 e. The first-order chi connectivity index (χ1) is 15.5. The van der Waals surface area contributed by atoms with Crippen molar-refractivity contribution in [2.45, 2.75) is 6.92 Å². The van der Waals surface area contributed by atoms with Crippen molar-refractivity contribution in [1.29, 1.82) is 0 Å². The number of benzene rings is 2. The summed E-state index contributed by atoms with van der Waals surface area (Å²) in [5.41, 5.74) is 4.98. The summed E-state index contributed by atoms with van der Waals surface area (Å²) in [5, 5.41) is -0.247. The number of nitrogens with zero attached hydrogens (tertiary/aromatic N) is 5. The minimum atomic E-state index is -0.260. The van der Waals surface area contributed by atoms with Crippen LogP contribution >= 0.6 is 11.8 Å².